The van der Waals surface area contributed by atoms with Gasteiger partial charge in [0.05, 0.1) is 0 Å². The molecule has 0 radical (unpaired) electrons. The largest absolute Gasteiger partial charge is 0.508 e. The lowest BCUT2D eigenvalue weighted by Gasteiger charge is -2.44. The third kappa shape index (κ3) is 2.16. The number of rotatable bonds is 1. The molecule has 1 aliphatic heterocycles. The van der Waals surface area contributed by atoms with Gasteiger partial charge in [0.1, 0.15) is 5.75 Å². The second-order valence-electron chi connectivity index (χ2n) is 6.65. The Balaban J connectivity index is 1.90. The molecule has 0 bridgehead atoms. The maximum absolute atomic E-state index is 10.00. The minimum Gasteiger partial charge on any atom is -0.508 e. The fourth-order valence-corrected chi connectivity index (χ4v) is 4.13. The van der Waals surface area contributed by atoms with Crippen LogP contribution in [0.1, 0.15) is 50.8 Å². The average molecular weight is 259 g/mol. The molecule has 4 atom stereocenters. The van der Waals surface area contributed by atoms with E-state index in [2.05, 4.69) is 31.7 Å². The van der Waals surface area contributed by atoms with Gasteiger partial charge in [-0.15, -0.1) is 0 Å². The summed E-state index contributed by atoms with van der Waals surface area (Å²) in [5.74, 6) is 2.04. The molecule has 0 amide bonds. The maximum atomic E-state index is 10.00. The molecule has 1 fully saturated rings. The van der Waals surface area contributed by atoms with Gasteiger partial charge in [0.25, 0.3) is 0 Å². The Labute approximate surface area is 116 Å². The molecule has 0 aromatic heterocycles. The van der Waals surface area contributed by atoms with Gasteiger partial charge in [-0.3, -0.25) is 4.90 Å². The molecule has 1 N–H and O–H groups in total. The maximum Gasteiger partial charge on any atom is 0.119 e. The van der Waals surface area contributed by atoms with Crippen LogP contribution < -0.4 is 0 Å². The number of likely N-dealkylation sites (tertiary alicyclic amines) is 1. The van der Waals surface area contributed by atoms with Crippen LogP contribution in [0.3, 0.4) is 0 Å². The quantitative estimate of drug-likeness (QED) is 0.830. The number of hydrogen-bond acceptors (Lipinski definition) is 2. The highest BCUT2D eigenvalue weighted by molar-refractivity contribution is 5.44. The van der Waals surface area contributed by atoms with E-state index in [4.69, 9.17) is 0 Å². The van der Waals surface area contributed by atoms with Crippen molar-refractivity contribution in [2.75, 3.05) is 6.54 Å². The van der Waals surface area contributed by atoms with E-state index in [9.17, 15) is 5.11 Å². The minimum atomic E-state index is 0.491. The molecular formula is C17H25NO. The van der Waals surface area contributed by atoms with Gasteiger partial charge < -0.3 is 5.11 Å². The topological polar surface area (TPSA) is 23.5 Å². The van der Waals surface area contributed by atoms with Crippen LogP contribution in [-0.2, 0) is 6.42 Å². The zero-order valence-corrected chi connectivity index (χ0v) is 12.3. The van der Waals surface area contributed by atoms with Gasteiger partial charge in [0, 0.05) is 18.6 Å². The number of aromatic hydroxyl groups is 1. The first-order chi connectivity index (χ1) is 9.08. The lowest BCUT2D eigenvalue weighted by molar-refractivity contribution is 0.0399. The Morgan fingerprint density at radius 2 is 2.00 bits per heavy atom. The zero-order chi connectivity index (χ0) is 13.6. The number of piperidine rings is 1. The van der Waals surface area contributed by atoms with E-state index in [0.717, 1.165) is 24.7 Å². The number of phenols is 1. The Hall–Kier alpha value is -1.02. The molecule has 2 heteroatoms. The van der Waals surface area contributed by atoms with Crippen molar-refractivity contribution in [2.45, 2.75) is 52.1 Å². The Morgan fingerprint density at radius 1 is 1.21 bits per heavy atom. The first kappa shape index (κ1) is 13.0. The van der Waals surface area contributed by atoms with Crippen LogP contribution in [0, 0.1) is 11.8 Å². The third-order valence-electron chi connectivity index (χ3n) is 5.26. The second kappa shape index (κ2) is 4.82. The molecule has 1 saturated heterocycles. The van der Waals surface area contributed by atoms with Crippen LogP contribution in [0.15, 0.2) is 18.2 Å². The zero-order valence-electron chi connectivity index (χ0n) is 12.3. The molecule has 1 aliphatic carbocycles. The van der Waals surface area contributed by atoms with E-state index >= 15 is 0 Å². The fraction of sp³-hybridized carbons (Fsp3) is 0.647. The second-order valence-corrected chi connectivity index (χ2v) is 6.65. The summed E-state index contributed by atoms with van der Waals surface area (Å²) < 4.78 is 0. The van der Waals surface area contributed by atoms with Gasteiger partial charge >= 0.3 is 0 Å². The van der Waals surface area contributed by atoms with Gasteiger partial charge in [-0.1, -0.05) is 26.0 Å². The Bertz CT molecular complexity index is 470. The molecule has 1 heterocycles. The Morgan fingerprint density at radius 3 is 2.79 bits per heavy atom. The van der Waals surface area contributed by atoms with E-state index in [0.29, 0.717) is 17.8 Å². The number of benzene rings is 1. The monoisotopic (exact) mass is 259 g/mol. The minimum absolute atomic E-state index is 0.491. The average Bonchev–Trinajstić information content (AvgIpc) is 2.79. The van der Waals surface area contributed by atoms with Crippen LogP contribution in [0.5, 0.6) is 5.75 Å². The molecule has 2 aliphatic rings. The SMILES string of the molecule is CC1CC(C)C(C)N(C2CCc3c(O)cccc32)C1. The molecule has 3 rings (SSSR count). The number of fused-ring (bicyclic) bond motifs is 1. The van der Waals surface area contributed by atoms with Gasteiger partial charge in [0.15, 0.2) is 0 Å². The molecule has 1 aromatic rings. The van der Waals surface area contributed by atoms with Crippen molar-refractivity contribution in [3.05, 3.63) is 29.3 Å². The predicted molar refractivity (Wildman–Crippen MR) is 78.3 cm³/mol. The van der Waals surface area contributed by atoms with E-state index in [1.165, 1.54) is 24.1 Å². The lowest BCUT2D eigenvalue weighted by Crippen LogP contribution is -2.47. The van der Waals surface area contributed by atoms with Gasteiger partial charge in [-0.05, 0) is 55.2 Å². The van der Waals surface area contributed by atoms with Crippen LogP contribution in [-0.4, -0.2) is 22.6 Å². The fourth-order valence-electron chi connectivity index (χ4n) is 4.13. The number of hydrogen-bond donors (Lipinski definition) is 1. The van der Waals surface area contributed by atoms with Gasteiger partial charge in [-0.25, -0.2) is 0 Å². The highest BCUT2D eigenvalue weighted by Gasteiger charge is 2.37. The van der Waals surface area contributed by atoms with E-state index in [1.807, 2.05) is 12.1 Å². The van der Waals surface area contributed by atoms with E-state index in [1.54, 1.807) is 0 Å². The molecule has 4 unspecified atom stereocenters. The van der Waals surface area contributed by atoms with Crippen molar-refractivity contribution in [1.82, 2.24) is 4.90 Å². The smallest absolute Gasteiger partial charge is 0.119 e. The van der Waals surface area contributed by atoms with Crippen molar-refractivity contribution in [2.24, 2.45) is 11.8 Å². The summed E-state index contributed by atoms with van der Waals surface area (Å²) >= 11 is 0. The van der Waals surface area contributed by atoms with Crippen LogP contribution >= 0.6 is 0 Å². The first-order valence-corrected chi connectivity index (χ1v) is 7.64. The molecule has 2 nitrogen and oxygen atoms in total. The van der Waals surface area contributed by atoms with E-state index < -0.39 is 0 Å². The van der Waals surface area contributed by atoms with Crippen LogP contribution in [0.4, 0.5) is 0 Å². The highest BCUT2D eigenvalue weighted by atomic mass is 16.3. The predicted octanol–water partition coefficient (Wildman–Crippen LogP) is 3.75. The lowest BCUT2D eigenvalue weighted by atomic mass is 9.84. The Kier molecular flexibility index (Phi) is 3.30. The standard InChI is InChI=1S/C17H25NO/c1-11-9-12(2)13(3)18(10-11)16-8-7-15-14(16)5-4-6-17(15)19/h4-6,11-13,16,19H,7-10H2,1-3H3. The summed E-state index contributed by atoms with van der Waals surface area (Å²) in [7, 11) is 0. The van der Waals surface area contributed by atoms with Gasteiger partial charge in [-0.2, -0.15) is 0 Å². The molecule has 0 saturated carbocycles. The normalized spacial score (nSPS) is 35.3. The van der Waals surface area contributed by atoms with Crippen molar-refractivity contribution < 1.29 is 5.11 Å². The summed E-state index contributed by atoms with van der Waals surface area (Å²) in [5.41, 5.74) is 2.55. The summed E-state index contributed by atoms with van der Waals surface area (Å²) in [6.45, 7) is 8.32. The van der Waals surface area contributed by atoms with E-state index in [-0.39, 0.29) is 0 Å². The summed E-state index contributed by atoms with van der Waals surface area (Å²) in [6.07, 6.45) is 3.53. The van der Waals surface area contributed by atoms with Crippen molar-refractivity contribution in [1.29, 1.82) is 0 Å². The van der Waals surface area contributed by atoms with Gasteiger partial charge in [0.2, 0.25) is 0 Å². The first-order valence-electron chi connectivity index (χ1n) is 7.64. The van der Waals surface area contributed by atoms with Crippen molar-refractivity contribution in [3.8, 4) is 5.75 Å². The third-order valence-corrected chi connectivity index (χ3v) is 5.26. The summed E-state index contributed by atoms with van der Waals surface area (Å²) in [4.78, 5) is 2.68. The molecular weight excluding hydrogens is 234 g/mol. The van der Waals surface area contributed by atoms with Crippen LogP contribution in [0.2, 0.25) is 0 Å². The molecule has 0 spiro atoms. The molecule has 19 heavy (non-hydrogen) atoms. The number of nitrogens with zero attached hydrogens (tertiary/aromatic N) is 1. The van der Waals surface area contributed by atoms with Crippen molar-refractivity contribution >= 4 is 0 Å². The highest BCUT2D eigenvalue weighted by Crippen LogP contribution is 2.43. The molecule has 104 valence electrons. The number of phenolic OH excluding ortho intramolecular Hbond substituents is 1. The van der Waals surface area contributed by atoms with Crippen LogP contribution in [0.25, 0.3) is 0 Å². The summed E-state index contributed by atoms with van der Waals surface area (Å²) in [6, 6.07) is 7.19. The van der Waals surface area contributed by atoms with Crippen molar-refractivity contribution in [3.63, 3.8) is 0 Å². The summed E-state index contributed by atoms with van der Waals surface area (Å²) in [5, 5.41) is 10.00. The molecule has 1 aromatic carbocycles.